The third kappa shape index (κ3) is 4.14. The van der Waals surface area contributed by atoms with E-state index in [1.54, 1.807) is 11.3 Å². The summed E-state index contributed by atoms with van der Waals surface area (Å²) in [5, 5.41) is 2.60. The molecule has 0 unspecified atom stereocenters. The third-order valence-electron chi connectivity index (χ3n) is 6.66. The number of hydrogen-bond donors (Lipinski definition) is 0. The van der Waals surface area contributed by atoms with Crippen LogP contribution in [0.4, 0.5) is 0 Å². The molecule has 5 heteroatoms. The zero-order valence-corrected chi connectivity index (χ0v) is 21.7. The highest BCUT2D eigenvalue weighted by Gasteiger charge is 2.16. The van der Waals surface area contributed by atoms with E-state index >= 15 is 0 Å². The van der Waals surface area contributed by atoms with Crippen LogP contribution in [0, 0.1) is 0 Å². The number of halogens is 1. The van der Waals surface area contributed by atoms with Crippen LogP contribution in [-0.2, 0) is 0 Å². The number of benzene rings is 5. The molecule has 2 heterocycles. The molecular weight excluding hydrogens is 506 g/mol. The van der Waals surface area contributed by atoms with Gasteiger partial charge in [-0.25, -0.2) is 4.98 Å². The van der Waals surface area contributed by atoms with E-state index in [9.17, 15) is 0 Å². The maximum Gasteiger partial charge on any atom is 0.226 e. The molecule has 0 spiro atoms. The molecule has 5 aromatic carbocycles. The van der Waals surface area contributed by atoms with Crippen molar-refractivity contribution in [2.45, 2.75) is 0 Å². The lowest BCUT2D eigenvalue weighted by Crippen LogP contribution is -1.98. The fourth-order valence-corrected chi connectivity index (χ4v) is 6.25. The predicted octanol–water partition coefficient (Wildman–Crippen LogP) is 9.56. The van der Waals surface area contributed by atoms with Gasteiger partial charge in [0, 0.05) is 31.3 Å². The average Bonchev–Trinajstić information content (AvgIpc) is 3.36. The van der Waals surface area contributed by atoms with Crippen LogP contribution in [0.2, 0.25) is 5.28 Å². The van der Waals surface area contributed by atoms with Crippen LogP contribution in [0.25, 0.3) is 65.2 Å². The van der Waals surface area contributed by atoms with Gasteiger partial charge in [-0.1, -0.05) is 91.0 Å². The minimum Gasteiger partial charge on any atom is -0.208 e. The Hall–Kier alpha value is -4.38. The fraction of sp³-hybridized carbons (Fsp3) is 0. The van der Waals surface area contributed by atoms with Crippen LogP contribution in [0.15, 0.2) is 121 Å². The molecule has 180 valence electrons. The molecule has 0 aliphatic heterocycles. The maximum absolute atomic E-state index is 6.53. The zero-order valence-electron chi connectivity index (χ0n) is 20.2. The molecule has 0 bridgehead atoms. The van der Waals surface area contributed by atoms with Crippen LogP contribution < -0.4 is 0 Å². The quantitative estimate of drug-likeness (QED) is 0.229. The Labute approximate surface area is 229 Å². The first kappa shape index (κ1) is 22.8. The summed E-state index contributed by atoms with van der Waals surface area (Å²) in [5.74, 6) is 1.12. The molecule has 2 aromatic heterocycles. The van der Waals surface area contributed by atoms with Crippen molar-refractivity contribution in [2.24, 2.45) is 0 Å². The Morgan fingerprint density at radius 1 is 0.474 bits per heavy atom. The molecule has 38 heavy (non-hydrogen) atoms. The van der Waals surface area contributed by atoms with E-state index in [0.29, 0.717) is 11.6 Å². The summed E-state index contributed by atoms with van der Waals surface area (Å²) in [4.78, 5) is 14.1. The Bertz CT molecular complexity index is 1870. The van der Waals surface area contributed by atoms with Crippen LogP contribution in [0.1, 0.15) is 0 Å². The molecule has 7 aromatic rings. The normalized spacial score (nSPS) is 11.3. The molecule has 3 nitrogen and oxygen atoms in total. The van der Waals surface area contributed by atoms with Crippen LogP contribution in [0.5, 0.6) is 0 Å². The summed E-state index contributed by atoms with van der Waals surface area (Å²) in [7, 11) is 0. The maximum atomic E-state index is 6.53. The van der Waals surface area contributed by atoms with Crippen molar-refractivity contribution in [1.29, 1.82) is 0 Å². The minimum atomic E-state index is 0.175. The Kier molecular flexibility index (Phi) is 5.69. The molecule has 0 atom stereocenters. The number of fused-ring (bicyclic) bond motifs is 3. The Balaban J connectivity index is 1.43. The largest absolute Gasteiger partial charge is 0.226 e. The number of aromatic nitrogens is 3. The number of rotatable bonds is 4. The third-order valence-corrected chi connectivity index (χ3v) is 8.05. The molecule has 0 saturated carbocycles. The summed E-state index contributed by atoms with van der Waals surface area (Å²) >= 11 is 8.28. The first-order valence-corrected chi connectivity index (χ1v) is 13.5. The second-order valence-corrected chi connectivity index (χ2v) is 10.5. The number of hydrogen-bond acceptors (Lipinski definition) is 4. The van der Waals surface area contributed by atoms with Gasteiger partial charge in [0.15, 0.2) is 11.6 Å². The van der Waals surface area contributed by atoms with Gasteiger partial charge in [-0.15, -0.1) is 11.3 Å². The van der Waals surface area contributed by atoms with Crippen molar-refractivity contribution < 1.29 is 0 Å². The molecule has 0 fully saturated rings. The van der Waals surface area contributed by atoms with Gasteiger partial charge in [0.2, 0.25) is 5.28 Å². The lowest BCUT2D eigenvalue weighted by Gasteiger charge is -2.11. The summed E-state index contributed by atoms with van der Waals surface area (Å²) in [6.07, 6.45) is 0. The summed E-state index contributed by atoms with van der Waals surface area (Å²) in [5.41, 5.74) is 6.28. The van der Waals surface area contributed by atoms with Gasteiger partial charge in [0.25, 0.3) is 0 Å². The van der Waals surface area contributed by atoms with Crippen LogP contribution in [-0.4, -0.2) is 15.0 Å². The van der Waals surface area contributed by atoms with E-state index in [0.717, 1.165) is 38.1 Å². The van der Waals surface area contributed by atoms with E-state index in [-0.39, 0.29) is 5.28 Å². The van der Waals surface area contributed by atoms with Gasteiger partial charge in [0.05, 0.1) is 0 Å². The molecule has 7 rings (SSSR count). The lowest BCUT2D eigenvalue weighted by molar-refractivity contribution is 1.07. The highest BCUT2D eigenvalue weighted by Crippen LogP contribution is 2.39. The van der Waals surface area contributed by atoms with E-state index in [2.05, 4.69) is 94.9 Å². The summed E-state index contributed by atoms with van der Waals surface area (Å²) in [6, 6.07) is 41.9. The van der Waals surface area contributed by atoms with Gasteiger partial charge in [0.1, 0.15) is 0 Å². The van der Waals surface area contributed by atoms with Crippen molar-refractivity contribution in [3.8, 4) is 45.0 Å². The second kappa shape index (κ2) is 9.49. The molecule has 0 amide bonds. The number of nitrogens with zero attached hydrogens (tertiary/aromatic N) is 3. The standard InChI is InChI=1S/C33H20ClN3S/c34-33-36-31(35-32(37-33)28-16-9-15-27-26-14-7-8-17-29(26)38-30(27)28)25-19-23(21-10-3-1-4-11-21)18-24(20-25)22-12-5-2-6-13-22/h1-20H. The van der Waals surface area contributed by atoms with Gasteiger partial charge in [-0.2, -0.15) is 9.97 Å². The zero-order chi connectivity index (χ0) is 25.5. The summed E-state index contributed by atoms with van der Waals surface area (Å²) in [6.45, 7) is 0. The SMILES string of the molecule is Clc1nc(-c2cc(-c3ccccc3)cc(-c3ccccc3)c2)nc(-c2cccc3c2sc2ccccc23)n1. The molecular formula is C33H20ClN3S. The van der Waals surface area contributed by atoms with Crippen molar-refractivity contribution in [1.82, 2.24) is 15.0 Å². The van der Waals surface area contributed by atoms with Gasteiger partial charge < -0.3 is 0 Å². The predicted molar refractivity (Wildman–Crippen MR) is 159 cm³/mol. The van der Waals surface area contributed by atoms with E-state index in [1.165, 1.54) is 15.5 Å². The van der Waals surface area contributed by atoms with Crippen molar-refractivity contribution in [2.75, 3.05) is 0 Å². The Morgan fingerprint density at radius 3 is 1.76 bits per heavy atom. The average molecular weight is 526 g/mol. The molecule has 0 radical (unpaired) electrons. The topological polar surface area (TPSA) is 38.7 Å². The van der Waals surface area contributed by atoms with E-state index in [4.69, 9.17) is 16.6 Å². The van der Waals surface area contributed by atoms with Crippen molar-refractivity contribution >= 4 is 43.1 Å². The summed E-state index contributed by atoms with van der Waals surface area (Å²) < 4.78 is 2.38. The highest BCUT2D eigenvalue weighted by atomic mass is 35.5. The van der Waals surface area contributed by atoms with Crippen molar-refractivity contribution in [3.63, 3.8) is 0 Å². The lowest BCUT2D eigenvalue weighted by atomic mass is 9.96. The highest BCUT2D eigenvalue weighted by molar-refractivity contribution is 7.26. The first-order chi connectivity index (χ1) is 18.7. The van der Waals surface area contributed by atoms with Gasteiger partial charge >= 0.3 is 0 Å². The fourth-order valence-electron chi connectivity index (χ4n) is 4.87. The van der Waals surface area contributed by atoms with Gasteiger partial charge in [-0.05, 0) is 64.2 Å². The molecule has 0 aliphatic rings. The second-order valence-electron chi connectivity index (χ2n) is 9.06. The van der Waals surface area contributed by atoms with Crippen molar-refractivity contribution in [3.05, 3.63) is 127 Å². The van der Waals surface area contributed by atoms with Crippen LogP contribution >= 0.6 is 22.9 Å². The smallest absolute Gasteiger partial charge is 0.208 e. The van der Waals surface area contributed by atoms with E-state index < -0.39 is 0 Å². The Morgan fingerprint density at radius 2 is 1.05 bits per heavy atom. The van der Waals surface area contributed by atoms with E-state index in [1.807, 2.05) is 36.4 Å². The molecule has 0 saturated heterocycles. The number of thiophene rings is 1. The molecule has 0 aliphatic carbocycles. The van der Waals surface area contributed by atoms with Crippen LogP contribution in [0.3, 0.4) is 0 Å². The first-order valence-electron chi connectivity index (χ1n) is 12.3. The monoisotopic (exact) mass is 525 g/mol. The van der Waals surface area contributed by atoms with Gasteiger partial charge in [-0.3, -0.25) is 0 Å². The molecule has 0 N–H and O–H groups in total. The minimum absolute atomic E-state index is 0.175.